The maximum Gasteiger partial charge on any atom is 0.253 e. The Kier molecular flexibility index (Phi) is 3.80. The van der Waals surface area contributed by atoms with Crippen LogP contribution in [0, 0.1) is 5.82 Å². The highest BCUT2D eigenvalue weighted by Gasteiger charge is 2.13. The van der Waals surface area contributed by atoms with Gasteiger partial charge in [0.15, 0.2) is 0 Å². The SMILES string of the molecule is CC(NC(=O)c1ccccc1N)c1ccc(F)cc1. The van der Waals surface area contributed by atoms with E-state index in [0.717, 1.165) is 5.56 Å². The van der Waals surface area contributed by atoms with E-state index in [9.17, 15) is 9.18 Å². The molecule has 19 heavy (non-hydrogen) atoms. The van der Waals surface area contributed by atoms with Crippen LogP contribution in [0.5, 0.6) is 0 Å². The lowest BCUT2D eigenvalue weighted by atomic mass is 10.1. The van der Waals surface area contributed by atoms with Gasteiger partial charge in [-0.3, -0.25) is 4.79 Å². The molecule has 2 rings (SSSR count). The van der Waals surface area contributed by atoms with Gasteiger partial charge >= 0.3 is 0 Å². The largest absolute Gasteiger partial charge is 0.398 e. The van der Waals surface area contributed by atoms with Gasteiger partial charge in [0.05, 0.1) is 11.6 Å². The number of hydrogen-bond donors (Lipinski definition) is 2. The summed E-state index contributed by atoms with van der Waals surface area (Å²) in [6, 6.07) is 12.7. The predicted molar refractivity (Wildman–Crippen MR) is 73.1 cm³/mol. The standard InChI is InChI=1S/C15H15FN2O/c1-10(11-6-8-12(16)9-7-11)18-15(19)13-4-2-3-5-14(13)17/h2-10H,17H2,1H3,(H,18,19). The summed E-state index contributed by atoms with van der Waals surface area (Å²) >= 11 is 0. The second-order valence-corrected chi connectivity index (χ2v) is 4.33. The molecule has 0 aliphatic rings. The molecule has 1 amide bonds. The molecular weight excluding hydrogens is 243 g/mol. The third-order valence-corrected chi connectivity index (χ3v) is 2.92. The number of carbonyl (C=O) groups is 1. The zero-order chi connectivity index (χ0) is 13.8. The quantitative estimate of drug-likeness (QED) is 0.832. The highest BCUT2D eigenvalue weighted by atomic mass is 19.1. The van der Waals surface area contributed by atoms with Gasteiger partial charge in [-0.25, -0.2) is 4.39 Å². The molecule has 2 aromatic rings. The van der Waals surface area contributed by atoms with Crippen molar-refractivity contribution in [3.8, 4) is 0 Å². The average molecular weight is 258 g/mol. The molecule has 0 spiro atoms. The lowest BCUT2D eigenvalue weighted by molar-refractivity contribution is 0.0941. The highest BCUT2D eigenvalue weighted by molar-refractivity contribution is 5.99. The Hall–Kier alpha value is -2.36. The summed E-state index contributed by atoms with van der Waals surface area (Å²) in [4.78, 5) is 12.1. The molecule has 0 saturated heterocycles. The van der Waals surface area contributed by atoms with Gasteiger partial charge in [0.25, 0.3) is 5.91 Å². The lowest BCUT2D eigenvalue weighted by Gasteiger charge is -2.15. The van der Waals surface area contributed by atoms with E-state index in [1.165, 1.54) is 12.1 Å². The van der Waals surface area contributed by atoms with Gasteiger partial charge < -0.3 is 11.1 Å². The van der Waals surface area contributed by atoms with Crippen molar-refractivity contribution in [2.45, 2.75) is 13.0 Å². The van der Waals surface area contributed by atoms with Gasteiger partial charge in [-0.15, -0.1) is 0 Å². The Balaban J connectivity index is 2.11. The lowest BCUT2D eigenvalue weighted by Crippen LogP contribution is -2.27. The molecule has 0 aliphatic heterocycles. The average Bonchev–Trinajstić information content (AvgIpc) is 2.39. The zero-order valence-corrected chi connectivity index (χ0v) is 10.6. The number of anilines is 1. The topological polar surface area (TPSA) is 55.1 Å². The number of benzene rings is 2. The fourth-order valence-electron chi connectivity index (χ4n) is 1.81. The normalized spacial score (nSPS) is 11.9. The van der Waals surface area contributed by atoms with Crippen LogP contribution in [-0.2, 0) is 0 Å². The summed E-state index contributed by atoms with van der Waals surface area (Å²) in [5.41, 5.74) is 7.46. The number of nitrogens with one attached hydrogen (secondary N) is 1. The molecule has 0 aromatic heterocycles. The van der Waals surface area contributed by atoms with Crippen molar-refractivity contribution in [3.05, 3.63) is 65.5 Å². The fraction of sp³-hybridized carbons (Fsp3) is 0.133. The van der Waals surface area contributed by atoms with Crippen LogP contribution >= 0.6 is 0 Å². The number of rotatable bonds is 3. The molecule has 2 aromatic carbocycles. The van der Waals surface area contributed by atoms with Crippen molar-refractivity contribution >= 4 is 11.6 Å². The number of para-hydroxylation sites is 1. The molecule has 0 saturated carbocycles. The first-order chi connectivity index (χ1) is 9.08. The van der Waals surface area contributed by atoms with E-state index >= 15 is 0 Å². The van der Waals surface area contributed by atoms with Crippen molar-refractivity contribution < 1.29 is 9.18 Å². The van der Waals surface area contributed by atoms with Crippen LogP contribution in [0.4, 0.5) is 10.1 Å². The van der Waals surface area contributed by atoms with E-state index in [-0.39, 0.29) is 17.8 Å². The Labute approximate surface area is 111 Å². The van der Waals surface area contributed by atoms with Gasteiger partial charge in [-0.1, -0.05) is 24.3 Å². The second kappa shape index (κ2) is 5.52. The van der Waals surface area contributed by atoms with Gasteiger partial charge in [0.1, 0.15) is 5.82 Å². The summed E-state index contributed by atoms with van der Waals surface area (Å²) in [6.45, 7) is 1.84. The predicted octanol–water partition coefficient (Wildman–Crippen LogP) is 2.90. The number of nitrogens with two attached hydrogens (primary N) is 1. The van der Waals surface area contributed by atoms with E-state index in [1.807, 2.05) is 6.92 Å². The minimum Gasteiger partial charge on any atom is -0.398 e. The Morgan fingerprint density at radius 3 is 2.42 bits per heavy atom. The van der Waals surface area contributed by atoms with Gasteiger partial charge in [-0.2, -0.15) is 0 Å². The first kappa shape index (κ1) is 13.1. The summed E-state index contributed by atoms with van der Waals surface area (Å²) < 4.78 is 12.8. The Bertz CT molecular complexity index is 581. The molecule has 4 heteroatoms. The van der Waals surface area contributed by atoms with Crippen LogP contribution in [0.2, 0.25) is 0 Å². The molecular formula is C15H15FN2O. The molecule has 0 heterocycles. The summed E-state index contributed by atoms with van der Waals surface area (Å²) in [5.74, 6) is -0.537. The van der Waals surface area contributed by atoms with Crippen LogP contribution < -0.4 is 11.1 Å². The van der Waals surface area contributed by atoms with E-state index in [0.29, 0.717) is 11.3 Å². The summed E-state index contributed by atoms with van der Waals surface area (Å²) in [5, 5.41) is 2.83. The molecule has 3 N–H and O–H groups in total. The molecule has 0 radical (unpaired) electrons. The fourth-order valence-corrected chi connectivity index (χ4v) is 1.81. The number of amides is 1. The van der Waals surface area contributed by atoms with Crippen molar-refractivity contribution in [2.75, 3.05) is 5.73 Å². The van der Waals surface area contributed by atoms with Crippen molar-refractivity contribution in [1.82, 2.24) is 5.32 Å². The van der Waals surface area contributed by atoms with E-state index in [1.54, 1.807) is 36.4 Å². The van der Waals surface area contributed by atoms with Gasteiger partial charge in [-0.05, 0) is 36.8 Å². The first-order valence-corrected chi connectivity index (χ1v) is 5.99. The van der Waals surface area contributed by atoms with E-state index < -0.39 is 0 Å². The molecule has 3 nitrogen and oxygen atoms in total. The smallest absolute Gasteiger partial charge is 0.253 e. The molecule has 1 unspecified atom stereocenters. The molecule has 1 atom stereocenters. The van der Waals surface area contributed by atoms with Gasteiger partial charge in [0, 0.05) is 5.69 Å². The second-order valence-electron chi connectivity index (χ2n) is 4.33. The highest BCUT2D eigenvalue weighted by Crippen LogP contribution is 2.16. The van der Waals surface area contributed by atoms with E-state index in [4.69, 9.17) is 5.73 Å². The number of carbonyl (C=O) groups excluding carboxylic acids is 1. The Morgan fingerprint density at radius 2 is 1.79 bits per heavy atom. The molecule has 0 fully saturated rings. The number of nitrogen functional groups attached to an aromatic ring is 1. The monoisotopic (exact) mass is 258 g/mol. The van der Waals surface area contributed by atoms with Crippen LogP contribution in [-0.4, -0.2) is 5.91 Å². The molecule has 98 valence electrons. The minimum atomic E-state index is -0.297. The summed E-state index contributed by atoms with van der Waals surface area (Å²) in [7, 11) is 0. The third kappa shape index (κ3) is 3.10. The van der Waals surface area contributed by atoms with Crippen LogP contribution in [0.15, 0.2) is 48.5 Å². The van der Waals surface area contributed by atoms with Crippen molar-refractivity contribution in [2.24, 2.45) is 0 Å². The van der Waals surface area contributed by atoms with Gasteiger partial charge in [0.2, 0.25) is 0 Å². The Morgan fingerprint density at radius 1 is 1.16 bits per heavy atom. The number of halogens is 1. The molecule has 0 aliphatic carbocycles. The third-order valence-electron chi connectivity index (χ3n) is 2.92. The number of hydrogen-bond acceptors (Lipinski definition) is 2. The maximum atomic E-state index is 12.8. The van der Waals surface area contributed by atoms with Crippen molar-refractivity contribution in [3.63, 3.8) is 0 Å². The van der Waals surface area contributed by atoms with E-state index in [2.05, 4.69) is 5.32 Å². The van der Waals surface area contributed by atoms with Crippen molar-refractivity contribution in [1.29, 1.82) is 0 Å². The summed E-state index contributed by atoms with van der Waals surface area (Å²) in [6.07, 6.45) is 0. The van der Waals surface area contributed by atoms with Crippen LogP contribution in [0.25, 0.3) is 0 Å². The maximum absolute atomic E-state index is 12.8. The van der Waals surface area contributed by atoms with Crippen LogP contribution in [0.1, 0.15) is 28.9 Å². The zero-order valence-electron chi connectivity index (χ0n) is 10.6. The minimum absolute atomic E-state index is 0.215. The first-order valence-electron chi connectivity index (χ1n) is 5.99. The van der Waals surface area contributed by atoms with Crippen LogP contribution in [0.3, 0.4) is 0 Å². The molecule has 0 bridgehead atoms.